The standard InChI is InChI=1S/C14H19N5O/c1-2-3-8-20-14-12(15)13(18-10-19-14)17-9-11-6-4-5-7-16-11/h4-7,10H,2-3,8-9,15H2,1H3,(H,17,18,19). The van der Waals surface area contributed by atoms with Crippen LogP contribution in [0.2, 0.25) is 0 Å². The van der Waals surface area contributed by atoms with E-state index in [2.05, 4.69) is 27.2 Å². The van der Waals surface area contributed by atoms with Crippen LogP contribution in [-0.4, -0.2) is 21.6 Å². The minimum absolute atomic E-state index is 0.428. The first kappa shape index (κ1) is 14.0. The van der Waals surface area contributed by atoms with Crippen molar-refractivity contribution in [3.63, 3.8) is 0 Å². The minimum atomic E-state index is 0.428. The van der Waals surface area contributed by atoms with Crippen molar-refractivity contribution >= 4 is 11.5 Å². The Morgan fingerprint density at radius 1 is 1.25 bits per heavy atom. The average Bonchev–Trinajstić information content (AvgIpc) is 2.49. The second-order valence-electron chi connectivity index (χ2n) is 4.32. The predicted molar refractivity (Wildman–Crippen MR) is 78.4 cm³/mol. The first-order chi connectivity index (χ1) is 9.81. The van der Waals surface area contributed by atoms with E-state index in [-0.39, 0.29) is 0 Å². The number of nitrogens with zero attached hydrogens (tertiary/aromatic N) is 3. The minimum Gasteiger partial charge on any atom is -0.476 e. The molecule has 2 aromatic rings. The average molecular weight is 273 g/mol. The van der Waals surface area contributed by atoms with E-state index in [1.807, 2.05) is 18.2 Å². The van der Waals surface area contributed by atoms with E-state index in [0.29, 0.717) is 30.5 Å². The van der Waals surface area contributed by atoms with E-state index in [9.17, 15) is 0 Å². The SMILES string of the molecule is CCCCOc1ncnc(NCc2ccccn2)c1N. The third-order valence-electron chi connectivity index (χ3n) is 2.75. The van der Waals surface area contributed by atoms with Gasteiger partial charge in [-0.1, -0.05) is 19.4 Å². The number of anilines is 2. The van der Waals surface area contributed by atoms with E-state index < -0.39 is 0 Å². The summed E-state index contributed by atoms with van der Waals surface area (Å²) in [7, 11) is 0. The maximum atomic E-state index is 6.00. The van der Waals surface area contributed by atoms with Gasteiger partial charge in [-0.3, -0.25) is 4.98 Å². The number of hydrogen-bond acceptors (Lipinski definition) is 6. The van der Waals surface area contributed by atoms with Gasteiger partial charge in [0.25, 0.3) is 0 Å². The third-order valence-corrected chi connectivity index (χ3v) is 2.75. The molecule has 106 valence electrons. The first-order valence-electron chi connectivity index (χ1n) is 6.68. The predicted octanol–water partition coefficient (Wildman–Crippen LogP) is 2.24. The van der Waals surface area contributed by atoms with E-state index >= 15 is 0 Å². The largest absolute Gasteiger partial charge is 0.476 e. The molecule has 0 aromatic carbocycles. The van der Waals surface area contributed by atoms with Gasteiger partial charge in [0.2, 0.25) is 5.88 Å². The number of unbranched alkanes of at least 4 members (excludes halogenated alkanes) is 1. The summed E-state index contributed by atoms with van der Waals surface area (Å²) in [5, 5.41) is 3.14. The molecule has 0 aliphatic rings. The van der Waals surface area contributed by atoms with Crippen LogP contribution < -0.4 is 15.8 Å². The van der Waals surface area contributed by atoms with Crippen LogP contribution in [0.4, 0.5) is 11.5 Å². The van der Waals surface area contributed by atoms with Crippen LogP contribution in [0, 0.1) is 0 Å². The lowest BCUT2D eigenvalue weighted by Crippen LogP contribution is -2.09. The zero-order chi connectivity index (χ0) is 14.2. The number of nitrogen functional groups attached to an aromatic ring is 1. The van der Waals surface area contributed by atoms with Gasteiger partial charge in [-0.15, -0.1) is 0 Å². The van der Waals surface area contributed by atoms with Gasteiger partial charge in [-0.25, -0.2) is 4.98 Å². The molecule has 6 heteroatoms. The number of rotatable bonds is 7. The van der Waals surface area contributed by atoms with Crippen LogP contribution in [0.5, 0.6) is 5.88 Å². The van der Waals surface area contributed by atoms with Gasteiger partial charge in [0.05, 0.1) is 18.8 Å². The monoisotopic (exact) mass is 273 g/mol. The topological polar surface area (TPSA) is 86.0 Å². The molecule has 0 atom stereocenters. The number of ether oxygens (including phenoxy) is 1. The van der Waals surface area contributed by atoms with Gasteiger partial charge in [-0.05, 0) is 18.6 Å². The molecule has 2 aromatic heterocycles. The maximum Gasteiger partial charge on any atom is 0.242 e. The molecule has 0 bridgehead atoms. The Labute approximate surface area is 118 Å². The van der Waals surface area contributed by atoms with Gasteiger partial charge in [-0.2, -0.15) is 4.98 Å². The summed E-state index contributed by atoms with van der Waals surface area (Å²) in [5.41, 5.74) is 7.34. The molecule has 0 aliphatic heterocycles. The first-order valence-corrected chi connectivity index (χ1v) is 6.68. The molecule has 0 unspecified atom stereocenters. The van der Waals surface area contributed by atoms with Crippen molar-refractivity contribution in [1.82, 2.24) is 15.0 Å². The van der Waals surface area contributed by atoms with E-state index in [1.54, 1.807) is 6.20 Å². The Hall–Kier alpha value is -2.37. The van der Waals surface area contributed by atoms with Crippen molar-refractivity contribution in [3.05, 3.63) is 36.4 Å². The van der Waals surface area contributed by atoms with Crippen LogP contribution in [0.15, 0.2) is 30.7 Å². The second kappa shape index (κ2) is 7.28. The van der Waals surface area contributed by atoms with Crippen LogP contribution >= 0.6 is 0 Å². The Kier molecular flexibility index (Phi) is 5.11. The molecule has 6 nitrogen and oxygen atoms in total. The molecule has 0 fully saturated rings. The fourth-order valence-electron chi connectivity index (χ4n) is 1.63. The fraction of sp³-hybridized carbons (Fsp3) is 0.357. The van der Waals surface area contributed by atoms with Crippen molar-refractivity contribution in [2.75, 3.05) is 17.7 Å². The quantitative estimate of drug-likeness (QED) is 0.752. The van der Waals surface area contributed by atoms with Gasteiger partial charge in [0.15, 0.2) is 5.82 Å². The Morgan fingerprint density at radius 2 is 2.15 bits per heavy atom. The Morgan fingerprint density at radius 3 is 2.90 bits per heavy atom. The van der Waals surface area contributed by atoms with E-state index in [4.69, 9.17) is 10.5 Å². The molecular weight excluding hydrogens is 254 g/mol. The highest BCUT2D eigenvalue weighted by Gasteiger charge is 2.09. The summed E-state index contributed by atoms with van der Waals surface area (Å²) in [4.78, 5) is 12.4. The molecule has 2 rings (SSSR count). The van der Waals surface area contributed by atoms with Crippen molar-refractivity contribution in [2.24, 2.45) is 0 Å². The highest BCUT2D eigenvalue weighted by atomic mass is 16.5. The van der Waals surface area contributed by atoms with Gasteiger partial charge in [0, 0.05) is 6.20 Å². The molecule has 0 aliphatic carbocycles. The van der Waals surface area contributed by atoms with Gasteiger partial charge >= 0.3 is 0 Å². The number of nitrogens with one attached hydrogen (secondary N) is 1. The van der Waals surface area contributed by atoms with Crippen LogP contribution in [0.3, 0.4) is 0 Å². The molecule has 3 N–H and O–H groups in total. The smallest absolute Gasteiger partial charge is 0.242 e. The van der Waals surface area contributed by atoms with Gasteiger partial charge in [0.1, 0.15) is 12.0 Å². The van der Waals surface area contributed by atoms with Crippen molar-refractivity contribution in [2.45, 2.75) is 26.3 Å². The normalized spacial score (nSPS) is 10.2. The number of hydrogen-bond donors (Lipinski definition) is 2. The number of pyridine rings is 1. The molecule has 2 heterocycles. The molecule has 0 radical (unpaired) electrons. The highest BCUT2D eigenvalue weighted by Crippen LogP contribution is 2.24. The summed E-state index contributed by atoms with van der Waals surface area (Å²) in [5.74, 6) is 0.995. The molecule has 20 heavy (non-hydrogen) atoms. The number of aromatic nitrogens is 3. The summed E-state index contributed by atoms with van der Waals surface area (Å²) in [6.45, 7) is 3.26. The third kappa shape index (κ3) is 3.81. The highest BCUT2D eigenvalue weighted by molar-refractivity contribution is 5.66. The van der Waals surface area contributed by atoms with Crippen LogP contribution in [0.1, 0.15) is 25.5 Å². The Bertz CT molecular complexity index is 532. The maximum absolute atomic E-state index is 6.00. The fourth-order valence-corrected chi connectivity index (χ4v) is 1.63. The second-order valence-corrected chi connectivity index (χ2v) is 4.32. The van der Waals surface area contributed by atoms with Crippen LogP contribution in [-0.2, 0) is 6.54 Å². The zero-order valence-electron chi connectivity index (χ0n) is 11.5. The Balaban J connectivity index is 1.99. The summed E-state index contributed by atoms with van der Waals surface area (Å²) in [6.07, 6.45) is 5.23. The van der Waals surface area contributed by atoms with Crippen molar-refractivity contribution in [1.29, 1.82) is 0 Å². The van der Waals surface area contributed by atoms with Crippen LogP contribution in [0.25, 0.3) is 0 Å². The summed E-state index contributed by atoms with van der Waals surface area (Å²) < 4.78 is 5.54. The molecule has 0 amide bonds. The van der Waals surface area contributed by atoms with Gasteiger partial charge < -0.3 is 15.8 Å². The number of nitrogens with two attached hydrogens (primary N) is 1. The molecule has 0 saturated carbocycles. The molecule has 0 spiro atoms. The molecular formula is C14H19N5O. The summed E-state index contributed by atoms with van der Waals surface area (Å²) in [6, 6.07) is 5.75. The summed E-state index contributed by atoms with van der Waals surface area (Å²) >= 11 is 0. The molecule has 0 saturated heterocycles. The lowest BCUT2D eigenvalue weighted by Gasteiger charge is -2.11. The zero-order valence-corrected chi connectivity index (χ0v) is 11.5. The van der Waals surface area contributed by atoms with E-state index in [1.165, 1.54) is 6.33 Å². The van der Waals surface area contributed by atoms with Crippen molar-refractivity contribution in [3.8, 4) is 5.88 Å². The van der Waals surface area contributed by atoms with Crippen molar-refractivity contribution < 1.29 is 4.74 Å². The van der Waals surface area contributed by atoms with E-state index in [0.717, 1.165) is 18.5 Å². The lowest BCUT2D eigenvalue weighted by atomic mass is 10.3. The lowest BCUT2D eigenvalue weighted by molar-refractivity contribution is 0.299.